The number of anilines is 1. The van der Waals surface area contributed by atoms with Crippen LogP contribution in [-0.4, -0.2) is 55.5 Å². The Kier molecular flexibility index (Phi) is 3.97. The minimum absolute atomic E-state index is 0.177. The zero-order valence-corrected chi connectivity index (χ0v) is 14.1. The van der Waals surface area contributed by atoms with Gasteiger partial charge in [0.25, 0.3) is 0 Å². The maximum atomic E-state index is 12.9. The number of sulfonamides is 1. The van der Waals surface area contributed by atoms with Crippen LogP contribution in [-0.2, 0) is 14.8 Å². The molecule has 2 aliphatic heterocycles. The molecule has 2 saturated heterocycles. The van der Waals surface area contributed by atoms with E-state index < -0.39 is 15.8 Å². The van der Waals surface area contributed by atoms with Crippen LogP contribution in [0.2, 0.25) is 0 Å². The van der Waals surface area contributed by atoms with Gasteiger partial charge in [0.05, 0.1) is 37.3 Å². The van der Waals surface area contributed by atoms with Gasteiger partial charge in [-0.1, -0.05) is 0 Å². The van der Waals surface area contributed by atoms with Crippen LogP contribution in [0.15, 0.2) is 12.4 Å². The molecule has 132 valence electrons. The lowest BCUT2D eigenvalue weighted by Gasteiger charge is -2.52. The van der Waals surface area contributed by atoms with E-state index in [1.165, 1.54) is 0 Å². The van der Waals surface area contributed by atoms with Crippen LogP contribution in [0, 0.1) is 11.7 Å². The quantitative estimate of drug-likeness (QED) is 0.835. The molecule has 7 nitrogen and oxygen atoms in total. The molecule has 3 fully saturated rings. The first kappa shape index (κ1) is 16.2. The highest BCUT2D eigenvalue weighted by Gasteiger charge is 2.47. The molecule has 1 saturated carbocycles. The van der Waals surface area contributed by atoms with Gasteiger partial charge in [0.15, 0.2) is 5.82 Å². The van der Waals surface area contributed by atoms with Crippen molar-refractivity contribution in [1.29, 1.82) is 0 Å². The molecule has 0 radical (unpaired) electrons. The van der Waals surface area contributed by atoms with Crippen molar-refractivity contribution in [2.24, 2.45) is 5.92 Å². The Morgan fingerprint density at radius 2 is 2.00 bits per heavy atom. The second kappa shape index (κ2) is 5.89. The van der Waals surface area contributed by atoms with Gasteiger partial charge in [0.1, 0.15) is 5.60 Å². The Balaban J connectivity index is 1.24. The van der Waals surface area contributed by atoms with Crippen molar-refractivity contribution >= 4 is 16.0 Å². The van der Waals surface area contributed by atoms with E-state index >= 15 is 0 Å². The van der Waals surface area contributed by atoms with Gasteiger partial charge in [0, 0.05) is 6.54 Å². The van der Waals surface area contributed by atoms with Gasteiger partial charge in [-0.2, -0.15) is 0 Å². The van der Waals surface area contributed by atoms with Crippen LogP contribution < -0.4 is 9.62 Å². The smallest absolute Gasteiger partial charge is 0.225 e. The standard InChI is InChI=1S/C15H21FN4O3S/c16-12-6-17-14(18-7-12)20-9-15(10-20)4-3-11(8-23-15)5-19-24(21,22)13-1-2-13/h6-7,11,13,19H,1-5,8-10H2. The summed E-state index contributed by atoms with van der Waals surface area (Å²) < 4.78 is 45.3. The molecule has 0 aromatic carbocycles. The van der Waals surface area contributed by atoms with E-state index in [0.717, 1.165) is 38.1 Å². The molecule has 0 bridgehead atoms. The summed E-state index contributed by atoms with van der Waals surface area (Å²) in [7, 11) is -3.12. The van der Waals surface area contributed by atoms with Gasteiger partial charge < -0.3 is 9.64 Å². The predicted molar refractivity (Wildman–Crippen MR) is 85.6 cm³/mol. The number of halogens is 1. The van der Waals surface area contributed by atoms with E-state index in [9.17, 15) is 12.8 Å². The van der Waals surface area contributed by atoms with Gasteiger partial charge >= 0.3 is 0 Å². The van der Waals surface area contributed by atoms with Crippen molar-refractivity contribution in [1.82, 2.24) is 14.7 Å². The van der Waals surface area contributed by atoms with Gasteiger partial charge in [-0.25, -0.2) is 27.5 Å². The van der Waals surface area contributed by atoms with E-state index in [4.69, 9.17) is 4.74 Å². The highest BCUT2D eigenvalue weighted by Crippen LogP contribution is 2.37. The van der Waals surface area contributed by atoms with E-state index in [1.807, 2.05) is 4.90 Å². The lowest BCUT2D eigenvalue weighted by molar-refractivity contribution is -0.115. The lowest BCUT2D eigenvalue weighted by atomic mass is 9.83. The third-order valence-electron chi connectivity index (χ3n) is 5.02. The van der Waals surface area contributed by atoms with Crippen LogP contribution in [0.25, 0.3) is 0 Å². The number of nitrogens with one attached hydrogen (secondary N) is 1. The number of hydrogen-bond donors (Lipinski definition) is 1. The summed E-state index contributed by atoms with van der Waals surface area (Å²) in [5.41, 5.74) is -0.191. The average Bonchev–Trinajstić information content (AvgIpc) is 3.38. The molecule has 3 aliphatic rings. The molecule has 1 aromatic heterocycles. The van der Waals surface area contributed by atoms with Gasteiger partial charge in [-0.15, -0.1) is 0 Å². The minimum Gasteiger partial charge on any atom is -0.371 e. The highest BCUT2D eigenvalue weighted by atomic mass is 32.2. The molecule has 4 rings (SSSR count). The number of rotatable bonds is 5. The van der Waals surface area contributed by atoms with Crippen molar-refractivity contribution in [2.45, 2.75) is 36.5 Å². The second-order valence-corrected chi connectivity index (χ2v) is 9.09. The maximum Gasteiger partial charge on any atom is 0.225 e. The van der Waals surface area contributed by atoms with Crippen molar-refractivity contribution < 1.29 is 17.5 Å². The van der Waals surface area contributed by atoms with Crippen molar-refractivity contribution in [3.8, 4) is 0 Å². The van der Waals surface area contributed by atoms with E-state index in [2.05, 4.69) is 14.7 Å². The number of nitrogens with zero attached hydrogens (tertiary/aromatic N) is 3. The Bertz CT molecular complexity index is 692. The first-order valence-corrected chi connectivity index (χ1v) is 9.85. The highest BCUT2D eigenvalue weighted by molar-refractivity contribution is 7.90. The van der Waals surface area contributed by atoms with E-state index in [1.54, 1.807) is 0 Å². The van der Waals surface area contributed by atoms with Crippen LogP contribution in [0.1, 0.15) is 25.7 Å². The first-order chi connectivity index (χ1) is 11.5. The van der Waals surface area contributed by atoms with Gasteiger partial charge in [-0.05, 0) is 31.6 Å². The Morgan fingerprint density at radius 3 is 2.58 bits per heavy atom. The largest absolute Gasteiger partial charge is 0.371 e. The molecule has 1 atom stereocenters. The van der Waals surface area contributed by atoms with Crippen LogP contribution >= 0.6 is 0 Å². The molecule has 1 aromatic rings. The molecular formula is C15H21FN4O3S. The summed E-state index contributed by atoms with van der Waals surface area (Å²) in [5.74, 6) is 0.296. The first-order valence-electron chi connectivity index (χ1n) is 8.31. The Hall–Kier alpha value is -1.32. The third kappa shape index (κ3) is 3.25. The molecule has 3 heterocycles. The third-order valence-corrected chi connectivity index (χ3v) is 6.94. The number of hydrogen-bond acceptors (Lipinski definition) is 6. The minimum atomic E-state index is -3.12. The summed E-state index contributed by atoms with van der Waals surface area (Å²) >= 11 is 0. The van der Waals surface area contributed by atoms with Gasteiger partial charge in [0.2, 0.25) is 16.0 Å². The average molecular weight is 356 g/mol. The topological polar surface area (TPSA) is 84.4 Å². The maximum absolute atomic E-state index is 12.9. The van der Waals surface area contributed by atoms with Crippen LogP contribution in [0.4, 0.5) is 10.3 Å². The molecular weight excluding hydrogens is 335 g/mol. The number of aromatic nitrogens is 2. The summed E-state index contributed by atoms with van der Waals surface area (Å²) in [6.45, 7) is 2.41. The SMILES string of the molecule is O=S(=O)(NCC1CCC2(CN(c3ncc(F)cn3)C2)OC1)C1CC1. The zero-order chi connectivity index (χ0) is 16.8. The van der Waals surface area contributed by atoms with Crippen LogP contribution in [0.3, 0.4) is 0 Å². The Morgan fingerprint density at radius 1 is 1.29 bits per heavy atom. The number of ether oxygens (including phenoxy) is 1. The fourth-order valence-electron chi connectivity index (χ4n) is 3.32. The fourth-order valence-corrected chi connectivity index (χ4v) is 4.78. The fraction of sp³-hybridized carbons (Fsp3) is 0.733. The van der Waals surface area contributed by atoms with E-state index in [-0.39, 0.29) is 16.8 Å². The summed E-state index contributed by atoms with van der Waals surface area (Å²) in [5, 5.41) is -0.177. The van der Waals surface area contributed by atoms with Crippen molar-refractivity contribution in [2.75, 3.05) is 31.1 Å². The molecule has 0 amide bonds. The zero-order valence-electron chi connectivity index (χ0n) is 13.3. The van der Waals surface area contributed by atoms with Crippen LogP contribution in [0.5, 0.6) is 0 Å². The molecule has 9 heteroatoms. The molecule has 24 heavy (non-hydrogen) atoms. The second-order valence-electron chi connectivity index (χ2n) is 7.05. The molecule has 1 spiro atoms. The molecule has 1 aliphatic carbocycles. The van der Waals surface area contributed by atoms with Crippen molar-refractivity contribution in [3.05, 3.63) is 18.2 Å². The van der Waals surface area contributed by atoms with E-state index in [0.29, 0.717) is 32.2 Å². The molecule has 1 unspecified atom stereocenters. The van der Waals surface area contributed by atoms with Gasteiger partial charge in [-0.3, -0.25) is 0 Å². The summed E-state index contributed by atoms with van der Waals surface area (Å²) in [6.07, 6.45) is 5.71. The normalized spacial score (nSPS) is 26.4. The van der Waals surface area contributed by atoms with Crippen molar-refractivity contribution in [3.63, 3.8) is 0 Å². The summed E-state index contributed by atoms with van der Waals surface area (Å²) in [6, 6.07) is 0. The molecule has 1 N–H and O–H groups in total. The monoisotopic (exact) mass is 356 g/mol. The summed E-state index contributed by atoms with van der Waals surface area (Å²) in [4.78, 5) is 9.93. The Labute approximate surface area is 140 Å². The lowest BCUT2D eigenvalue weighted by Crippen LogP contribution is -2.65. The predicted octanol–water partition coefficient (Wildman–Crippen LogP) is 0.683.